The van der Waals surface area contributed by atoms with Crippen LogP contribution < -0.4 is 10.6 Å². The molecular weight excluding hydrogens is 292 g/mol. The number of thiocarbonyl (C=S) groups is 1. The number of hydrogen-bond donors (Lipinski definition) is 2. The lowest BCUT2D eigenvalue weighted by atomic mass is 10.1. The summed E-state index contributed by atoms with van der Waals surface area (Å²) in [4.78, 5) is 4.92. The highest BCUT2D eigenvalue weighted by molar-refractivity contribution is 7.80. The van der Waals surface area contributed by atoms with Gasteiger partial charge in [-0.3, -0.25) is 0 Å². The highest BCUT2D eigenvalue weighted by Gasteiger charge is 2.12. The lowest BCUT2D eigenvalue weighted by Gasteiger charge is -2.32. The predicted octanol–water partition coefficient (Wildman–Crippen LogP) is 2.23. The van der Waals surface area contributed by atoms with Gasteiger partial charge in [-0.1, -0.05) is 6.07 Å². The molecule has 2 rings (SSSR count). The normalized spacial score (nSPS) is 16.5. The van der Waals surface area contributed by atoms with E-state index in [4.69, 9.17) is 12.2 Å². The van der Waals surface area contributed by atoms with Gasteiger partial charge in [0.25, 0.3) is 0 Å². The monoisotopic (exact) mass is 320 g/mol. The van der Waals surface area contributed by atoms with Gasteiger partial charge in [0.2, 0.25) is 0 Å². The molecule has 0 saturated carbocycles. The molecule has 1 heterocycles. The first-order valence-electron chi connectivity index (χ1n) is 8.07. The van der Waals surface area contributed by atoms with Crippen molar-refractivity contribution in [1.82, 2.24) is 15.1 Å². The van der Waals surface area contributed by atoms with Gasteiger partial charge in [0.1, 0.15) is 0 Å². The van der Waals surface area contributed by atoms with Crippen LogP contribution in [-0.2, 0) is 0 Å². The molecule has 0 bridgehead atoms. The molecule has 1 saturated heterocycles. The predicted molar refractivity (Wildman–Crippen MR) is 98.7 cm³/mol. The van der Waals surface area contributed by atoms with Gasteiger partial charge in [-0.15, -0.1) is 0 Å². The molecule has 0 aliphatic carbocycles. The topological polar surface area (TPSA) is 30.5 Å². The second kappa shape index (κ2) is 8.46. The van der Waals surface area contributed by atoms with E-state index >= 15 is 0 Å². The Morgan fingerprint density at radius 3 is 2.36 bits per heavy atom. The number of likely N-dealkylation sites (N-methyl/N-ethyl adjacent to an activating group) is 1. The Morgan fingerprint density at radius 1 is 1.09 bits per heavy atom. The van der Waals surface area contributed by atoms with E-state index in [1.54, 1.807) is 0 Å². The Bertz CT molecular complexity index is 475. The van der Waals surface area contributed by atoms with E-state index in [0.717, 1.165) is 25.2 Å². The number of aryl methyl sites for hydroxylation is 2. The van der Waals surface area contributed by atoms with E-state index in [1.165, 1.54) is 37.3 Å². The van der Waals surface area contributed by atoms with Crippen LogP contribution in [0.15, 0.2) is 18.2 Å². The molecule has 5 heteroatoms. The van der Waals surface area contributed by atoms with Crippen LogP contribution >= 0.6 is 12.2 Å². The molecule has 2 N–H and O–H groups in total. The molecule has 1 fully saturated rings. The average Bonchev–Trinajstić information content (AvgIpc) is 2.44. The summed E-state index contributed by atoms with van der Waals surface area (Å²) in [6, 6.07) is 6.40. The van der Waals surface area contributed by atoms with Gasteiger partial charge in [0.15, 0.2) is 5.11 Å². The molecule has 0 aromatic heterocycles. The van der Waals surface area contributed by atoms with Crippen molar-refractivity contribution in [2.24, 2.45) is 0 Å². The average molecular weight is 321 g/mol. The minimum absolute atomic E-state index is 0.711. The number of benzene rings is 1. The highest BCUT2D eigenvalue weighted by Crippen LogP contribution is 2.13. The minimum Gasteiger partial charge on any atom is -0.362 e. The maximum atomic E-state index is 5.37. The number of anilines is 1. The van der Waals surface area contributed by atoms with Crippen LogP contribution in [-0.4, -0.2) is 61.2 Å². The fraction of sp³-hybridized carbons (Fsp3) is 0.588. The zero-order valence-electron chi connectivity index (χ0n) is 14.0. The van der Waals surface area contributed by atoms with Crippen molar-refractivity contribution in [2.45, 2.75) is 20.3 Å². The van der Waals surface area contributed by atoms with Crippen molar-refractivity contribution in [3.8, 4) is 0 Å². The third-order valence-corrected chi connectivity index (χ3v) is 4.26. The molecule has 0 atom stereocenters. The van der Waals surface area contributed by atoms with Crippen LogP contribution in [0.4, 0.5) is 5.69 Å². The second-order valence-corrected chi connectivity index (χ2v) is 6.66. The SMILES string of the molecule is Cc1cc(C)cc(NC(=S)NCCCN2CCN(C)CC2)c1. The summed E-state index contributed by atoms with van der Waals surface area (Å²) in [6.45, 7) is 11.0. The molecule has 1 aliphatic heterocycles. The van der Waals surface area contributed by atoms with Crippen LogP contribution in [0.1, 0.15) is 17.5 Å². The summed E-state index contributed by atoms with van der Waals surface area (Å²) in [5.74, 6) is 0. The number of piperazine rings is 1. The van der Waals surface area contributed by atoms with E-state index in [2.05, 4.69) is 59.5 Å². The minimum atomic E-state index is 0.711. The van der Waals surface area contributed by atoms with Crippen molar-refractivity contribution in [3.63, 3.8) is 0 Å². The van der Waals surface area contributed by atoms with Gasteiger partial charge in [-0.05, 0) is 69.3 Å². The molecule has 4 nitrogen and oxygen atoms in total. The fourth-order valence-electron chi connectivity index (χ4n) is 2.80. The van der Waals surface area contributed by atoms with Gasteiger partial charge in [-0.25, -0.2) is 0 Å². The maximum absolute atomic E-state index is 5.37. The van der Waals surface area contributed by atoms with E-state index < -0.39 is 0 Å². The lowest BCUT2D eigenvalue weighted by molar-refractivity contribution is 0.153. The van der Waals surface area contributed by atoms with Gasteiger partial charge in [0.05, 0.1) is 0 Å². The molecule has 22 heavy (non-hydrogen) atoms. The molecule has 1 aromatic rings. The van der Waals surface area contributed by atoms with Crippen LogP contribution in [0.3, 0.4) is 0 Å². The Hall–Kier alpha value is -1.17. The molecule has 1 aromatic carbocycles. The first-order chi connectivity index (χ1) is 10.5. The molecule has 0 amide bonds. The zero-order chi connectivity index (χ0) is 15.9. The molecule has 0 spiro atoms. The summed E-state index contributed by atoms with van der Waals surface area (Å²) < 4.78 is 0. The standard InChI is InChI=1S/C17H28N4S/c1-14-11-15(2)13-16(12-14)19-17(22)18-5-4-6-21-9-7-20(3)8-10-21/h11-13H,4-10H2,1-3H3,(H2,18,19,22). The molecule has 1 aliphatic rings. The van der Waals surface area contributed by atoms with E-state index in [-0.39, 0.29) is 0 Å². The van der Waals surface area contributed by atoms with E-state index in [0.29, 0.717) is 5.11 Å². The number of nitrogens with zero attached hydrogens (tertiary/aromatic N) is 2. The van der Waals surface area contributed by atoms with E-state index in [1.807, 2.05) is 0 Å². The zero-order valence-corrected chi connectivity index (χ0v) is 14.8. The Balaban J connectivity index is 1.63. The summed E-state index contributed by atoms with van der Waals surface area (Å²) in [6.07, 6.45) is 1.12. The third-order valence-electron chi connectivity index (χ3n) is 4.01. The first kappa shape index (κ1) is 17.2. The first-order valence-corrected chi connectivity index (χ1v) is 8.48. The molecule has 122 valence electrons. The third kappa shape index (κ3) is 5.91. The van der Waals surface area contributed by atoms with Crippen molar-refractivity contribution < 1.29 is 0 Å². The number of hydrogen-bond acceptors (Lipinski definition) is 3. The van der Waals surface area contributed by atoms with Crippen molar-refractivity contribution in [1.29, 1.82) is 0 Å². The molecular formula is C17H28N4S. The van der Waals surface area contributed by atoms with Gasteiger partial charge >= 0.3 is 0 Å². The van der Waals surface area contributed by atoms with Crippen LogP contribution in [0.5, 0.6) is 0 Å². The fourth-order valence-corrected chi connectivity index (χ4v) is 3.02. The van der Waals surface area contributed by atoms with Gasteiger partial charge < -0.3 is 20.4 Å². The summed E-state index contributed by atoms with van der Waals surface area (Å²) in [5.41, 5.74) is 3.56. The maximum Gasteiger partial charge on any atom is 0.170 e. The largest absolute Gasteiger partial charge is 0.362 e. The number of rotatable bonds is 5. The Morgan fingerprint density at radius 2 is 1.73 bits per heavy atom. The smallest absolute Gasteiger partial charge is 0.170 e. The van der Waals surface area contributed by atoms with Crippen LogP contribution in [0, 0.1) is 13.8 Å². The van der Waals surface area contributed by atoms with Crippen LogP contribution in [0.25, 0.3) is 0 Å². The van der Waals surface area contributed by atoms with Gasteiger partial charge in [-0.2, -0.15) is 0 Å². The van der Waals surface area contributed by atoms with E-state index in [9.17, 15) is 0 Å². The lowest BCUT2D eigenvalue weighted by Crippen LogP contribution is -2.45. The van der Waals surface area contributed by atoms with Gasteiger partial charge in [0, 0.05) is 38.4 Å². The summed E-state index contributed by atoms with van der Waals surface area (Å²) in [5, 5.41) is 7.28. The Labute approximate surface area is 139 Å². The Kier molecular flexibility index (Phi) is 6.61. The molecule has 0 unspecified atom stereocenters. The molecule has 0 radical (unpaired) electrons. The van der Waals surface area contributed by atoms with Crippen molar-refractivity contribution >= 4 is 23.0 Å². The quantitative estimate of drug-likeness (QED) is 0.642. The summed E-state index contributed by atoms with van der Waals surface area (Å²) in [7, 11) is 2.19. The van der Waals surface area contributed by atoms with Crippen LogP contribution in [0.2, 0.25) is 0 Å². The second-order valence-electron chi connectivity index (χ2n) is 6.26. The van der Waals surface area contributed by atoms with Crippen molar-refractivity contribution in [2.75, 3.05) is 51.6 Å². The summed E-state index contributed by atoms with van der Waals surface area (Å²) >= 11 is 5.37. The number of nitrogens with one attached hydrogen (secondary N) is 2. The highest BCUT2D eigenvalue weighted by atomic mass is 32.1. The van der Waals surface area contributed by atoms with Crippen molar-refractivity contribution in [3.05, 3.63) is 29.3 Å².